The zero-order chi connectivity index (χ0) is 5.21. The van der Waals surface area contributed by atoms with E-state index in [-0.39, 0.29) is 7.43 Å². The van der Waals surface area contributed by atoms with Crippen LogP contribution in [-0.4, -0.2) is 10.9 Å². The Bertz CT molecular complexity index is 35.8. The van der Waals surface area contributed by atoms with E-state index in [0.29, 0.717) is 0 Å². The maximum atomic E-state index is 7.90. The van der Waals surface area contributed by atoms with Crippen molar-refractivity contribution in [2.24, 2.45) is 0 Å². The molecule has 0 aromatic rings. The van der Waals surface area contributed by atoms with Crippen LogP contribution in [0.25, 0.3) is 0 Å². The lowest BCUT2D eigenvalue weighted by atomic mass is 10.2. The lowest BCUT2D eigenvalue weighted by molar-refractivity contribution is -0.306. The Morgan fingerprint density at radius 1 is 1.29 bits per heavy atom. The van der Waals surface area contributed by atoms with Gasteiger partial charge in [0.25, 0.3) is 0 Å². The van der Waals surface area contributed by atoms with Crippen LogP contribution in [0.3, 0.4) is 0 Å². The minimum atomic E-state index is -0.403. The van der Waals surface area contributed by atoms with Crippen molar-refractivity contribution in [1.29, 1.82) is 0 Å². The quantitative estimate of drug-likeness (QED) is 0.377. The molecule has 2 nitrogen and oxygen atoms in total. The third-order valence-corrected chi connectivity index (χ3v) is 0.274. The summed E-state index contributed by atoms with van der Waals surface area (Å²) in [5, 5.41) is 7.90. The molecule has 0 aromatic carbocycles. The Balaban J connectivity index is 0. The van der Waals surface area contributed by atoms with Crippen molar-refractivity contribution in [2.45, 2.75) is 33.8 Å². The summed E-state index contributed by atoms with van der Waals surface area (Å²) in [6.45, 7) is 5.31. The number of hydrogen-bond acceptors (Lipinski definition) is 2. The van der Waals surface area contributed by atoms with E-state index < -0.39 is 5.60 Å². The van der Waals surface area contributed by atoms with Crippen molar-refractivity contribution in [3.05, 3.63) is 0 Å². The van der Waals surface area contributed by atoms with Gasteiger partial charge in [0.1, 0.15) is 0 Å². The molecule has 0 radical (unpaired) electrons. The Morgan fingerprint density at radius 3 is 1.43 bits per heavy atom. The molecule has 0 spiro atoms. The predicted octanol–water partition coefficient (Wildman–Crippen LogP) is 1.91. The fraction of sp³-hybridized carbons (Fsp3) is 1.00. The summed E-state index contributed by atoms with van der Waals surface area (Å²) in [6.07, 6.45) is 0. The van der Waals surface area contributed by atoms with Gasteiger partial charge in [-0.25, -0.2) is 4.89 Å². The molecule has 0 heterocycles. The van der Waals surface area contributed by atoms with Crippen LogP contribution in [0.4, 0.5) is 0 Å². The Hall–Kier alpha value is -0.0800. The van der Waals surface area contributed by atoms with E-state index in [1.807, 2.05) is 0 Å². The van der Waals surface area contributed by atoms with Crippen LogP contribution in [0.1, 0.15) is 28.2 Å². The maximum Gasteiger partial charge on any atom is 0.0949 e. The summed E-state index contributed by atoms with van der Waals surface area (Å²) < 4.78 is 0. The van der Waals surface area contributed by atoms with E-state index in [1.165, 1.54) is 0 Å². The van der Waals surface area contributed by atoms with Gasteiger partial charge in [-0.3, -0.25) is 5.26 Å². The molecule has 0 rings (SSSR count). The second kappa shape index (κ2) is 2.99. The zero-order valence-corrected chi connectivity index (χ0v) is 4.36. The average Bonchev–Trinajstić information content (AvgIpc) is 1.35. The molecule has 0 fully saturated rings. The molecule has 0 bridgehead atoms. The molecular formula is C5H14O2. The summed E-state index contributed by atoms with van der Waals surface area (Å²) >= 11 is 0. The normalized spacial score (nSPS) is 10.3. The molecule has 1 N–H and O–H groups in total. The summed E-state index contributed by atoms with van der Waals surface area (Å²) in [5.41, 5.74) is -0.403. The van der Waals surface area contributed by atoms with Crippen molar-refractivity contribution in [2.75, 3.05) is 0 Å². The van der Waals surface area contributed by atoms with Crippen LogP contribution in [0.5, 0.6) is 0 Å². The van der Waals surface area contributed by atoms with E-state index in [4.69, 9.17) is 5.26 Å². The highest BCUT2D eigenvalue weighted by Crippen LogP contribution is 2.01. The molecule has 0 aliphatic heterocycles. The monoisotopic (exact) mass is 106 g/mol. The molecule has 0 saturated heterocycles. The topological polar surface area (TPSA) is 29.5 Å². The van der Waals surface area contributed by atoms with E-state index in [0.717, 1.165) is 0 Å². The lowest BCUT2D eigenvalue weighted by Crippen LogP contribution is -2.15. The van der Waals surface area contributed by atoms with Crippen LogP contribution in [0.2, 0.25) is 0 Å². The highest BCUT2D eigenvalue weighted by atomic mass is 17.1. The Kier molecular flexibility index (Phi) is 4.28. The van der Waals surface area contributed by atoms with Crippen molar-refractivity contribution in [1.82, 2.24) is 0 Å². The van der Waals surface area contributed by atoms with Crippen molar-refractivity contribution in [3.63, 3.8) is 0 Å². The predicted molar refractivity (Wildman–Crippen MR) is 30.2 cm³/mol. The van der Waals surface area contributed by atoms with E-state index in [1.54, 1.807) is 20.8 Å². The second-order valence-electron chi connectivity index (χ2n) is 2.20. The van der Waals surface area contributed by atoms with Gasteiger partial charge in [-0.2, -0.15) is 0 Å². The van der Waals surface area contributed by atoms with Gasteiger partial charge in [-0.15, -0.1) is 0 Å². The first-order valence-corrected chi connectivity index (χ1v) is 1.89. The van der Waals surface area contributed by atoms with Crippen LogP contribution in [0.15, 0.2) is 0 Å². The fourth-order valence-corrected chi connectivity index (χ4v) is 0. The Labute approximate surface area is 45.0 Å². The Morgan fingerprint density at radius 2 is 1.43 bits per heavy atom. The average molecular weight is 106 g/mol. The van der Waals surface area contributed by atoms with E-state index >= 15 is 0 Å². The van der Waals surface area contributed by atoms with Crippen molar-refractivity contribution in [3.8, 4) is 0 Å². The summed E-state index contributed by atoms with van der Waals surface area (Å²) in [4.78, 5) is 3.94. The van der Waals surface area contributed by atoms with Crippen molar-refractivity contribution >= 4 is 0 Å². The molecule has 46 valence electrons. The first-order chi connectivity index (χ1) is 2.56. The van der Waals surface area contributed by atoms with Gasteiger partial charge in [0.2, 0.25) is 0 Å². The van der Waals surface area contributed by atoms with Crippen LogP contribution >= 0.6 is 0 Å². The highest BCUT2D eigenvalue weighted by Gasteiger charge is 2.06. The first kappa shape index (κ1) is 10.0. The van der Waals surface area contributed by atoms with Gasteiger partial charge in [-0.05, 0) is 20.8 Å². The molecule has 0 unspecified atom stereocenters. The van der Waals surface area contributed by atoms with E-state index in [9.17, 15) is 0 Å². The molecule has 0 aliphatic rings. The number of rotatable bonds is 0. The third kappa shape index (κ3) is 10.7. The highest BCUT2D eigenvalue weighted by molar-refractivity contribution is 4.53. The molecule has 0 saturated carbocycles. The van der Waals surface area contributed by atoms with E-state index in [2.05, 4.69) is 4.89 Å². The van der Waals surface area contributed by atoms with Gasteiger partial charge in [0, 0.05) is 0 Å². The van der Waals surface area contributed by atoms with Crippen molar-refractivity contribution < 1.29 is 10.1 Å². The van der Waals surface area contributed by atoms with Crippen LogP contribution < -0.4 is 0 Å². The second-order valence-corrected chi connectivity index (χ2v) is 2.20. The minimum Gasteiger partial charge on any atom is -0.251 e. The molecular weight excluding hydrogens is 92.1 g/mol. The first-order valence-electron chi connectivity index (χ1n) is 1.89. The standard InChI is InChI=1S/C4H10O2.CH4/c1-4(2,3)6-5;/h5H,1-3H3;1H4. The SMILES string of the molecule is C.CC(C)(C)OO. The minimum absolute atomic E-state index is 0. The largest absolute Gasteiger partial charge is 0.251 e. The molecule has 2 heteroatoms. The van der Waals surface area contributed by atoms with Gasteiger partial charge >= 0.3 is 0 Å². The lowest BCUT2D eigenvalue weighted by Gasteiger charge is -2.10. The van der Waals surface area contributed by atoms with Crippen LogP contribution in [-0.2, 0) is 4.89 Å². The molecule has 7 heavy (non-hydrogen) atoms. The van der Waals surface area contributed by atoms with Gasteiger partial charge in [0.05, 0.1) is 5.60 Å². The molecule has 0 aliphatic carbocycles. The molecule has 0 atom stereocenters. The summed E-state index contributed by atoms with van der Waals surface area (Å²) in [6, 6.07) is 0. The van der Waals surface area contributed by atoms with Gasteiger partial charge < -0.3 is 0 Å². The summed E-state index contributed by atoms with van der Waals surface area (Å²) in [7, 11) is 0. The maximum absolute atomic E-state index is 7.90. The molecule has 0 amide bonds. The number of hydrogen-bond donors (Lipinski definition) is 1. The summed E-state index contributed by atoms with van der Waals surface area (Å²) in [5.74, 6) is 0. The molecule has 0 aromatic heterocycles. The zero-order valence-electron chi connectivity index (χ0n) is 4.36. The van der Waals surface area contributed by atoms with Gasteiger partial charge in [0.15, 0.2) is 0 Å². The third-order valence-electron chi connectivity index (χ3n) is 0.274. The van der Waals surface area contributed by atoms with Gasteiger partial charge in [-0.1, -0.05) is 7.43 Å². The van der Waals surface area contributed by atoms with Crippen LogP contribution in [0, 0.1) is 0 Å². The fourth-order valence-electron chi connectivity index (χ4n) is 0. The smallest absolute Gasteiger partial charge is 0.0949 e.